The van der Waals surface area contributed by atoms with Crippen molar-refractivity contribution >= 4 is 12.0 Å². The van der Waals surface area contributed by atoms with Gasteiger partial charge < -0.3 is 4.74 Å². The molecule has 1 aromatic rings. The predicted octanol–water partition coefficient (Wildman–Crippen LogP) is 2.66. The van der Waals surface area contributed by atoms with E-state index in [1.54, 1.807) is 31.2 Å². The lowest BCUT2D eigenvalue weighted by molar-refractivity contribution is 0.0526. The molecule has 0 atom stereocenters. The number of carbonyl (C=O) groups is 1. The zero-order chi connectivity index (χ0) is 10.4. The number of ether oxygens (including phenoxy) is 1. The van der Waals surface area contributed by atoms with Crippen LogP contribution in [0.15, 0.2) is 36.6 Å². The molecule has 1 rings (SSSR count). The van der Waals surface area contributed by atoms with Crippen LogP contribution < -0.4 is 0 Å². The van der Waals surface area contributed by atoms with Crippen LogP contribution in [-0.2, 0) is 4.74 Å². The zero-order valence-electron chi connectivity index (χ0n) is 8.12. The Morgan fingerprint density at radius 1 is 1.64 bits per heavy atom. The van der Waals surface area contributed by atoms with Crippen molar-refractivity contribution in [2.24, 2.45) is 0 Å². The van der Waals surface area contributed by atoms with Crippen molar-refractivity contribution in [1.82, 2.24) is 0 Å². The van der Waals surface area contributed by atoms with Gasteiger partial charge in [0.15, 0.2) is 0 Å². The molecule has 0 spiro atoms. The molecule has 0 fully saturated rings. The van der Waals surface area contributed by atoms with Gasteiger partial charge in [0.1, 0.15) is 0 Å². The van der Waals surface area contributed by atoms with Crippen LogP contribution in [0.4, 0.5) is 0 Å². The summed E-state index contributed by atoms with van der Waals surface area (Å²) in [5, 5.41) is 0. The lowest BCUT2D eigenvalue weighted by Crippen LogP contribution is -2.04. The first-order valence-electron chi connectivity index (χ1n) is 4.41. The van der Waals surface area contributed by atoms with Crippen LogP contribution in [0.3, 0.4) is 0 Å². The molecule has 0 heterocycles. The van der Waals surface area contributed by atoms with Crippen molar-refractivity contribution in [3.8, 4) is 0 Å². The molecule has 0 amide bonds. The van der Waals surface area contributed by atoms with Crippen molar-refractivity contribution in [3.05, 3.63) is 47.7 Å². The van der Waals surface area contributed by atoms with Crippen molar-refractivity contribution in [1.29, 1.82) is 0 Å². The Labute approximate surface area is 83.5 Å². The van der Waals surface area contributed by atoms with Gasteiger partial charge in [-0.25, -0.2) is 4.79 Å². The molecule has 0 unspecified atom stereocenters. The quantitative estimate of drug-likeness (QED) is 0.538. The second kappa shape index (κ2) is 5.05. The maximum absolute atomic E-state index is 11.3. The predicted molar refractivity (Wildman–Crippen MR) is 56.0 cm³/mol. The van der Waals surface area contributed by atoms with Gasteiger partial charge in [-0.1, -0.05) is 18.7 Å². The van der Waals surface area contributed by atoms with Gasteiger partial charge >= 0.3 is 5.97 Å². The summed E-state index contributed by atoms with van der Waals surface area (Å²) < 4.78 is 4.87. The lowest BCUT2D eigenvalue weighted by atomic mass is 10.1. The van der Waals surface area contributed by atoms with Gasteiger partial charge in [0.25, 0.3) is 0 Å². The lowest BCUT2D eigenvalue weighted by Gasteiger charge is -2.01. The van der Waals surface area contributed by atoms with Crippen molar-refractivity contribution in [2.45, 2.75) is 6.92 Å². The van der Waals surface area contributed by atoms with Crippen LogP contribution in [0.25, 0.3) is 6.08 Å². The van der Waals surface area contributed by atoms with E-state index in [2.05, 4.69) is 12.3 Å². The molecule has 0 aromatic heterocycles. The molecule has 2 nitrogen and oxygen atoms in total. The first kappa shape index (κ1) is 10.3. The monoisotopic (exact) mass is 188 g/mol. The molecule has 14 heavy (non-hydrogen) atoms. The molecule has 0 aliphatic heterocycles. The van der Waals surface area contributed by atoms with Crippen LogP contribution >= 0.6 is 0 Å². The minimum absolute atomic E-state index is 0.299. The summed E-state index contributed by atoms with van der Waals surface area (Å²) in [5.74, 6) is -0.299. The first-order chi connectivity index (χ1) is 6.77. The van der Waals surface area contributed by atoms with Gasteiger partial charge in [-0.15, -0.1) is 5.73 Å². The van der Waals surface area contributed by atoms with Crippen LogP contribution in [0.5, 0.6) is 0 Å². The summed E-state index contributed by atoms with van der Waals surface area (Å²) in [5.41, 5.74) is 4.10. The minimum atomic E-state index is -0.299. The van der Waals surface area contributed by atoms with E-state index in [1.807, 2.05) is 6.07 Å². The SMILES string of the molecule is C=C=Cc1cccc(C(=O)OCC)c1. The highest BCUT2D eigenvalue weighted by molar-refractivity contribution is 5.90. The number of benzene rings is 1. The molecule has 2 heteroatoms. The molecular weight excluding hydrogens is 176 g/mol. The van der Waals surface area contributed by atoms with E-state index >= 15 is 0 Å². The van der Waals surface area contributed by atoms with E-state index in [9.17, 15) is 4.79 Å². The fourth-order valence-corrected chi connectivity index (χ4v) is 1.09. The van der Waals surface area contributed by atoms with Gasteiger partial charge in [0.05, 0.1) is 12.2 Å². The van der Waals surface area contributed by atoms with E-state index in [4.69, 9.17) is 4.74 Å². The second-order valence-electron chi connectivity index (χ2n) is 2.69. The van der Waals surface area contributed by atoms with Crippen LogP contribution in [0.1, 0.15) is 22.8 Å². The maximum atomic E-state index is 11.3. The summed E-state index contributed by atoms with van der Waals surface area (Å²) in [6.07, 6.45) is 1.71. The van der Waals surface area contributed by atoms with E-state index in [1.165, 1.54) is 0 Å². The molecule has 0 aliphatic carbocycles. The van der Waals surface area contributed by atoms with Crippen LogP contribution in [-0.4, -0.2) is 12.6 Å². The normalized spacial score (nSPS) is 8.93. The molecule has 0 aliphatic rings. The summed E-state index contributed by atoms with van der Waals surface area (Å²) in [6, 6.07) is 7.14. The molecule has 0 saturated carbocycles. The minimum Gasteiger partial charge on any atom is -0.462 e. The van der Waals surface area contributed by atoms with E-state index < -0.39 is 0 Å². The summed E-state index contributed by atoms with van der Waals surface area (Å²) in [4.78, 5) is 11.3. The van der Waals surface area contributed by atoms with Gasteiger partial charge in [-0.3, -0.25) is 0 Å². The highest BCUT2D eigenvalue weighted by atomic mass is 16.5. The highest BCUT2D eigenvalue weighted by Crippen LogP contribution is 2.07. The molecule has 0 saturated heterocycles. The summed E-state index contributed by atoms with van der Waals surface area (Å²) in [6.45, 7) is 5.64. The number of esters is 1. The third kappa shape index (κ3) is 2.61. The number of hydrogen-bond donors (Lipinski definition) is 0. The van der Waals surface area contributed by atoms with Gasteiger partial charge in [0.2, 0.25) is 0 Å². The molecule has 1 aromatic carbocycles. The Bertz CT molecular complexity index is 374. The Kier molecular flexibility index (Phi) is 3.71. The molecule has 72 valence electrons. The average molecular weight is 188 g/mol. The number of hydrogen-bond acceptors (Lipinski definition) is 2. The summed E-state index contributed by atoms with van der Waals surface area (Å²) in [7, 11) is 0. The second-order valence-corrected chi connectivity index (χ2v) is 2.69. The first-order valence-corrected chi connectivity index (χ1v) is 4.41. The Morgan fingerprint density at radius 2 is 2.43 bits per heavy atom. The topological polar surface area (TPSA) is 26.3 Å². The van der Waals surface area contributed by atoms with Gasteiger partial charge in [0, 0.05) is 0 Å². The third-order valence-corrected chi connectivity index (χ3v) is 1.67. The zero-order valence-corrected chi connectivity index (χ0v) is 8.12. The molecule has 0 N–H and O–H groups in total. The largest absolute Gasteiger partial charge is 0.462 e. The highest BCUT2D eigenvalue weighted by Gasteiger charge is 2.04. The summed E-state index contributed by atoms with van der Waals surface area (Å²) >= 11 is 0. The maximum Gasteiger partial charge on any atom is 0.338 e. The van der Waals surface area contributed by atoms with E-state index in [-0.39, 0.29) is 5.97 Å². The van der Waals surface area contributed by atoms with Crippen molar-refractivity contribution < 1.29 is 9.53 Å². The van der Waals surface area contributed by atoms with E-state index in [0.717, 1.165) is 5.56 Å². The average Bonchev–Trinajstić information content (AvgIpc) is 2.19. The van der Waals surface area contributed by atoms with Crippen LogP contribution in [0, 0.1) is 0 Å². The fourth-order valence-electron chi connectivity index (χ4n) is 1.09. The third-order valence-electron chi connectivity index (χ3n) is 1.67. The van der Waals surface area contributed by atoms with Crippen molar-refractivity contribution in [3.63, 3.8) is 0 Å². The van der Waals surface area contributed by atoms with Crippen molar-refractivity contribution in [2.75, 3.05) is 6.61 Å². The molecule has 0 radical (unpaired) electrons. The number of rotatable bonds is 3. The smallest absolute Gasteiger partial charge is 0.338 e. The fraction of sp³-hybridized carbons (Fsp3) is 0.167. The van der Waals surface area contributed by atoms with Gasteiger partial charge in [-0.05, 0) is 30.7 Å². The van der Waals surface area contributed by atoms with E-state index in [0.29, 0.717) is 12.2 Å². The Hall–Kier alpha value is -1.79. The molecular formula is C12H12O2. The Morgan fingerprint density at radius 3 is 3.07 bits per heavy atom. The Balaban J connectivity index is 2.93. The molecule has 0 bridgehead atoms. The van der Waals surface area contributed by atoms with Gasteiger partial charge in [-0.2, -0.15) is 0 Å². The number of carbonyl (C=O) groups excluding carboxylic acids is 1. The van der Waals surface area contributed by atoms with Crippen LogP contribution in [0.2, 0.25) is 0 Å². The standard InChI is InChI=1S/C12H12O2/c1-3-6-10-7-5-8-11(9-10)12(13)14-4-2/h5-9H,1,4H2,2H3.